The van der Waals surface area contributed by atoms with Gasteiger partial charge in [-0.3, -0.25) is 13.8 Å². The number of carbonyl (C=O) groups excluding carboxylic acids is 1. The van der Waals surface area contributed by atoms with Crippen LogP contribution >= 0.6 is 23.2 Å². The molecule has 2 N–H and O–H groups in total. The lowest BCUT2D eigenvalue weighted by atomic mass is 10.0. The molecule has 0 saturated carbocycles. The van der Waals surface area contributed by atoms with Crippen molar-refractivity contribution in [1.29, 1.82) is 0 Å². The van der Waals surface area contributed by atoms with Gasteiger partial charge < -0.3 is 5.32 Å². The van der Waals surface area contributed by atoms with Crippen LogP contribution in [0.15, 0.2) is 94.7 Å². The number of halogens is 2. The van der Waals surface area contributed by atoms with E-state index in [4.69, 9.17) is 23.2 Å². The van der Waals surface area contributed by atoms with E-state index in [1.54, 1.807) is 30.3 Å². The highest BCUT2D eigenvalue weighted by atomic mass is 35.5. The van der Waals surface area contributed by atoms with Gasteiger partial charge in [0.1, 0.15) is 6.54 Å². The van der Waals surface area contributed by atoms with Gasteiger partial charge in [-0.1, -0.05) is 53.0 Å². The van der Waals surface area contributed by atoms with Crippen LogP contribution in [0.3, 0.4) is 0 Å². The van der Waals surface area contributed by atoms with Crippen LogP contribution in [0.4, 0.5) is 17.1 Å². The number of rotatable bonds is 6. The van der Waals surface area contributed by atoms with Crippen LogP contribution in [0, 0.1) is 6.92 Å². The first-order chi connectivity index (χ1) is 18.5. The van der Waals surface area contributed by atoms with Crippen LogP contribution in [-0.4, -0.2) is 29.3 Å². The van der Waals surface area contributed by atoms with Crippen molar-refractivity contribution in [2.24, 2.45) is 0 Å². The maximum atomic E-state index is 13.4. The highest BCUT2D eigenvalue weighted by molar-refractivity contribution is 7.93. The van der Waals surface area contributed by atoms with Crippen LogP contribution in [0.1, 0.15) is 5.56 Å². The summed E-state index contributed by atoms with van der Waals surface area (Å²) in [6.45, 7) is 1.44. The van der Waals surface area contributed by atoms with Gasteiger partial charge in [-0.2, -0.15) is 0 Å². The fraction of sp³-hybridized carbons (Fsp3) is 0.0741. The molecule has 1 amide bonds. The predicted octanol–water partition coefficient (Wildman–Crippen LogP) is 5.92. The second-order valence-corrected chi connectivity index (χ2v) is 13.2. The van der Waals surface area contributed by atoms with E-state index in [9.17, 15) is 21.6 Å². The van der Waals surface area contributed by atoms with Gasteiger partial charge in [0.2, 0.25) is 5.91 Å². The quantitative estimate of drug-likeness (QED) is 0.285. The molecule has 0 radical (unpaired) electrons. The van der Waals surface area contributed by atoms with Crippen molar-refractivity contribution < 1.29 is 21.6 Å². The van der Waals surface area contributed by atoms with E-state index < -0.39 is 32.5 Å². The summed E-state index contributed by atoms with van der Waals surface area (Å²) in [5.41, 5.74) is 3.20. The average molecular weight is 603 g/mol. The third-order valence-corrected chi connectivity index (χ3v) is 10.0. The number of anilines is 3. The zero-order chi connectivity index (χ0) is 27.9. The number of hydrogen-bond acceptors (Lipinski definition) is 5. The van der Waals surface area contributed by atoms with Crippen LogP contribution in [0.2, 0.25) is 10.0 Å². The zero-order valence-electron chi connectivity index (χ0n) is 20.4. The zero-order valence-corrected chi connectivity index (χ0v) is 23.5. The third kappa shape index (κ3) is 5.33. The number of sulfonamides is 2. The van der Waals surface area contributed by atoms with Crippen LogP contribution in [0.5, 0.6) is 0 Å². The molecule has 0 bridgehead atoms. The average Bonchev–Trinajstić information content (AvgIpc) is 2.89. The lowest BCUT2D eigenvalue weighted by molar-refractivity contribution is -0.114. The Balaban J connectivity index is 1.34. The summed E-state index contributed by atoms with van der Waals surface area (Å²) < 4.78 is 55.9. The largest absolute Gasteiger partial charge is 0.325 e. The summed E-state index contributed by atoms with van der Waals surface area (Å²) in [5.74, 6) is -0.589. The number of nitrogens with zero attached hydrogens (tertiary/aromatic N) is 1. The number of carbonyl (C=O) groups is 1. The van der Waals surface area contributed by atoms with Crippen molar-refractivity contribution in [1.82, 2.24) is 0 Å². The summed E-state index contributed by atoms with van der Waals surface area (Å²) in [6, 6.07) is 21.9. The van der Waals surface area contributed by atoms with Gasteiger partial charge >= 0.3 is 0 Å². The molecule has 5 rings (SSSR count). The number of hydrogen-bond donors (Lipinski definition) is 2. The molecule has 4 aromatic carbocycles. The minimum Gasteiger partial charge on any atom is -0.325 e. The molecule has 1 aliphatic heterocycles. The summed E-state index contributed by atoms with van der Waals surface area (Å²) in [4.78, 5) is 13.0. The minimum atomic E-state index is -3.99. The molecule has 0 aromatic heterocycles. The lowest BCUT2D eigenvalue weighted by Crippen LogP contribution is -2.40. The van der Waals surface area contributed by atoms with E-state index in [1.165, 1.54) is 48.5 Å². The first-order valence-corrected chi connectivity index (χ1v) is 15.2. The van der Waals surface area contributed by atoms with Crippen LogP contribution in [0.25, 0.3) is 11.1 Å². The molecule has 39 heavy (non-hydrogen) atoms. The number of fused-ring (bicyclic) bond motifs is 3. The molecule has 0 aliphatic carbocycles. The Morgan fingerprint density at radius 1 is 0.846 bits per heavy atom. The van der Waals surface area contributed by atoms with E-state index in [1.807, 2.05) is 13.0 Å². The first-order valence-electron chi connectivity index (χ1n) is 11.6. The number of nitrogens with one attached hydrogen (secondary N) is 2. The number of benzene rings is 4. The third-order valence-electron chi connectivity index (χ3n) is 6.07. The molecule has 0 unspecified atom stereocenters. The lowest BCUT2D eigenvalue weighted by Gasteiger charge is -2.31. The maximum Gasteiger partial charge on any atom is 0.265 e. The fourth-order valence-electron chi connectivity index (χ4n) is 4.24. The predicted molar refractivity (Wildman–Crippen MR) is 153 cm³/mol. The Hall–Kier alpha value is -3.57. The van der Waals surface area contributed by atoms with Crippen molar-refractivity contribution >= 4 is 66.2 Å². The monoisotopic (exact) mass is 601 g/mol. The van der Waals surface area contributed by atoms with Crippen LogP contribution in [-0.2, 0) is 24.8 Å². The summed E-state index contributed by atoms with van der Waals surface area (Å²) >= 11 is 11.8. The topological polar surface area (TPSA) is 113 Å². The molecule has 200 valence electrons. The SMILES string of the molecule is Cc1ccc2c(c1)-c1ccccc1S(=O)(=O)N2CC(=O)Nc1ccc(S(=O)(=O)Nc2ccc(Cl)c(Cl)c2)cc1. The fourth-order valence-corrected chi connectivity index (χ4v) is 7.23. The normalized spacial score (nSPS) is 13.8. The van der Waals surface area contributed by atoms with Gasteiger partial charge in [-0.15, -0.1) is 0 Å². The number of amides is 1. The first kappa shape index (κ1) is 27.0. The second kappa shape index (κ2) is 10.2. The Labute approximate surface area is 236 Å². The molecule has 0 spiro atoms. The van der Waals surface area contributed by atoms with Crippen molar-refractivity contribution in [3.8, 4) is 11.1 Å². The smallest absolute Gasteiger partial charge is 0.265 e. The van der Waals surface area contributed by atoms with Crippen molar-refractivity contribution in [3.63, 3.8) is 0 Å². The molecule has 0 fully saturated rings. The van der Waals surface area contributed by atoms with Gasteiger partial charge in [-0.25, -0.2) is 16.8 Å². The molecule has 1 aliphatic rings. The minimum absolute atomic E-state index is 0.0499. The van der Waals surface area contributed by atoms with Crippen molar-refractivity contribution in [2.45, 2.75) is 16.7 Å². The molecular weight excluding hydrogens is 581 g/mol. The van der Waals surface area contributed by atoms with Gasteiger partial charge in [0.05, 0.1) is 31.2 Å². The molecule has 0 atom stereocenters. The Morgan fingerprint density at radius 3 is 2.26 bits per heavy atom. The van der Waals surface area contributed by atoms with E-state index in [2.05, 4.69) is 10.0 Å². The van der Waals surface area contributed by atoms with Crippen molar-refractivity contribution in [2.75, 3.05) is 20.9 Å². The Bertz CT molecular complexity index is 1830. The summed E-state index contributed by atoms with van der Waals surface area (Å²) in [5, 5.41) is 3.14. The number of aryl methyl sites for hydroxylation is 1. The Morgan fingerprint density at radius 2 is 1.54 bits per heavy atom. The molecule has 8 nitrogen and oxygen atoms in total. The van der Waals surface area contributed by atoms with Gasteiger partial charge in [0.25, 0.3) is 20.0 Å². The van der Waals surface area contributed by atoms with E-state index in [-0.39, 0.29) is 20.5 Å². The molecular formula is C27H21Cl2N3O5S2. The molecule has 0 saturated heterocycles. The maximum absolute atomic E-state index is 13.4. The highest BCUT2D eigenvalue weighted by Gasteiger charge is 2.35. The summed E-state index contributed by atoms with van der Waals surface area (Å²) in [6.07, 6.45) is 0. The molecule has 1 heterocycles. The van der Waals surface area contributed by atoms with Gasteiger partial charge in [0, 0.05) is 16.8 Å². The highest BCUT2D eigenvalue weighted by Crippen LogP contribution is 2.43. The summed E-state index contributed by atoms with van der Waals surface area (Å²) in [7, 11) is -7.93. The Kier molecular flexibility index (Phi) is 7.06. The molecule has 12 heteroatoms. The van der Waals surface area contributed by atoms with E-state index in [0.29, 0.717) is 22.0 Å². The second-order valence-electron chi connectivity index (χ2n) is 8.84. The van der Waals surface area contributed by atoms with E-state index in [0.717, 1.165) is 15.4 Å². The van der Waals surface area contributed by atoms with Crippen LogP contribution < -0.4 is 14.3 Å². The standard InChI is InChI=1S/C27H21Cl2N3O5S2/c1-17-6-13-25-22(14-17)21-4-2-3-5-26(21)39(36,37)32(25)16-27(33)30-18-7-10-20(11-8-18)38(34,35)31-19-9-12-23(28)24(29)15-19/h2-15,31H,16H2,1H3,(H,30,33). The van der Waals surface area contributed by atoms with Gasteiger partial charge in [-0.05, 0) is 67.6 Å². The van der Waals surface area contributed by atoms with Crippen molar-refractivity contribution in [3.05, 3.63) is 101 Å². The molecule has 4 aromatic rings. The van der Waals surface area contributed by atoms with E-state index >= 15 is 0 Å². The van der Waals surface area contributed by atoms with Gasteiger partial charge in [0.15, 0.2) is 0 Å².